The van der Waals surface area contributed by atoms with Crippen molar-refractivity contribution in [1.82, 2.24) is 0 Å². The molecular weight excluding hydrogens is 242 g/mol. The monoisotopic (exact) mass is 261 g/mol. The predicted octanol–water partition coefficient (Wildman–Crippen LogP) is 2.83. The number of aryl methyl sites for hydroxylation is 1. The van der Waals surface area contributed by atoms with E-state index in [1.54, 1.807) is 0 Å². The van der Waals surface area contributed by atoms with Gasteiger partial charge in [-0.25, -0.2) is 0 Å². The lowest BCUT2D eigenvalue weighted by Crippen LogP contribution is -2.22. The van der Waals surface area contributed by atoms with Gasteiger partial charge in [0.05, 0.1) is 6.61 Å². The van der Waals surface area contributed by atoms with Crippen molar-refractivity contribution in [2.45, 2.75) is 25.8 Å². The van der Waals surface area contributed by atoms with Crippen LogP contribution in [0, 0.1) is 6.92 Å². The van der Waals surface area contributed by atoms with Crippen LogP contribution in [0.2, 0.25) is 0 Å². The van der Waals surface area contributed by atoms with E-state index in [1.165, 1.54) is 5.56 Å². The summed E-state index contributed by atoms with van der Waals surface area (Å²) in [5, 5.41) is 0. The Morgan fingerprint density at radius 1 is 1.31 bits per heavy atom. The smallest absolute Gasteiger partial charge is 0.119 e. The summed E-state index contributed by atoms with van der Waals surface area (Å²) in [5.41, 5.74) is 6.99. The fourth-order valence-corrected chi connectivity index (χ4v) is 1.44. The van der Waals surface area contributed by atoms with Crippen molar-refractivity contribution in [3.05, 3.63) is 29.8 Å². The van der Waals surface area contributed by atoms with E-state index in [2.05, 4.69) is 31.7 Å². The second-order valence-electron chi connectivity index (χ2n) is 3.75. The van der Waals surface area contributed by atoms with Gasteiger partial charge in [0.2, 0.25) is 0 Å². The molecule has 2 nitrogen and oxygen atoms in total. The maximum atomic E-state index is 5.74. The molecule has 0 aromatic heterocycles. The average Bonchev–Trinajstić information content (AvgIpc) is 2.26. The van der Waals surface area contributed by atoms with Crippen LogP contribution in [0.1, 0.15) is 18.4 Å². The fraction of sp³-hybridized carbons (Fsp3) is 0.500. The molecule has 1 rings (SSSR count). The minimum atomic E-state index is 0. The highest BCUT2D eigenvalue weighted by atomic mass is 35.5. The maximum Gasteiger partial charge on any atom is 0.119 e. The molecule has 0 saturated heterocycles. The van der Waals surface area contributed by atoms with Gasteiger partial charge in [0.1, 0.15) is 5.75 Å². The molecule has 1 atom stereocenters. The minimum absolute atomic E-state index is 0. The van der Waals surface area contributed by atoms with Gasteiger partial charge in [0.25, 0.3) is 0 Å². The predicted molar refractivity (Wildman–Crippen MR) is 75.0 cm³/mol. The zero-order valence-electron chi connectivity index (χ0n) is 9.56. The Bertz CT molecular complexity index is 279. The first-order chi connectivity index (χ1) is 7.22. The van der Waals surface area contributed by atoms with E-state index in [0.717, 1.165) is 31.0 Å². The molecule has 0 heterocycles. The largest absolute Gasteiger partial charge is 0.494 e. The first-order valence-electron chi connectivity index (χ1n) is 5.28. The Morgan fingerprint density at radius 3 is 2.50 bits per heavy atom. The van der Waals surface area contributed by atoms with Gasteiger partial charge in [-0.2, -0.15) is 12.6 Å². The van der Waals surface area contributed by atoms with E-state index in [0.29, 0.717) is 0 Å². The number of hydrogen-bond donors (Lipinski definition) is 2. The Labute approximate surface area is 109 Å². The molecule has 4 heteroatoms. The number of hydrogen-bond acceptors (Lipinski definition) is 3. The fourth-order valence-electron chi connectivity index (χ4n) is 1.26. The molecule has 0 amide bonds. The van der Waals surface area contributed by atoms with Crippen LogP contribution >= 0.6 is 25.0 Å². The van der Waals surface area contributed by atoms with E-state index < -0.39 is 0 Å². The van der Waals surface area contributed by atoms with Crippen molar-refractivity contribution in [3.63, 3.8) is 0 Å². The molecule has 0 spiro atoms. The van der Waals surface area contributed by atoms with Crippen molar-refractivity contribution in [2.75, 3.05) is 12.4 Å². The summed E-state index contributed by atoms with van der Waals surface area (Å²) in [5.74, 6) is 1.67. The molecule has 1 aromatic rings. The number of rotatable bonds is 6. The van der Waals surface area contributed by atoms with Gasteiger partial charge in [-0.3, -0.25) is 0 Å². The molecule has 0 aliphatic rings. The van der Waals surface area contributed by atoms with Crippen LogP contribution in [0.4, 0.5) is 0 Å². The normalized spacial score (nSPS) is 11.7. The number of benzene rings is 1. The van der Waals surface area contributed by atoms with Gasteiger partial charge >= 0.3 is 0 Å². The number of halogens is 1. The first kappa shape index (κ1) is 15.6. The molecular formula is C12H20ClNOS. The van der Waals surface area contributed by atoms with Crippen LogP contribution in [-0.4, -0.2) is 18.4 Å². The molecule has 0 saturated carbocycles. The van der Waals surface area contributed by atoms with Gasteiger partial charge in [-0.05, 0) is 31.9 Å². The SMILES string of the molecule is Cc1ccc(OCCC[C@H](N)CS)cc1.Cl. The van der Waals surface area contributed by atoms with E-state index in [4.69, 9.17) is 10.5 Å². The molecule has 92 valence electrons. The third kappa shape index (κ3) is 6.26. The van der Waals surface area contributed by atoms with E-state index in [9.17, 15) is 0 Å². The van der Waals surface area contributed by atoms with Crippen LogP contribution in [0.3, 0.4) is 0 Å². The average molecular weight is 262 g/mol. The van der Waals surface area contributed by atoms with Crippen LogP contribution in [0.15, 0.2) is 24.3 Å². The molecule has 0 unspecified atom stereocenters. The molecule has 0 fully saturated rings. The van der Waals surface area contributed by atoms with Crippen LogP contribution in [0.5, 0.6) is 5.75 Å². The Morgan fingerprint density at radius 2 is 1.94 bits per heavy atom. The third-order valence-corrected chi connectivity index (χ3v) is 2.71. The van der Waals surface area contributed by atoms with Crippen molar-refractivity contribution in [1.29, 1.82) is 0 Å². The highest BCUT2D eigenvalue weighted by molar-refractivity contribution is 7.80. The summed E-state index contributed by atoms with van der Waals surface area (Å²) in [4.78, 5) is 0. The zero-order chi connectivity index (χ0) is 11.1. The van der Waals surface area contributed by atoms with Gasteiger partial charge < -0.3 is 10.5 Å². The van der Waals surface area contributed by atoms with Crippen LogP contribution in [0.25, 0.3) is 0 Å². The molecule has 0 aliphatic carbocycles. The summed E-state index contributed by atoms with van der Waals surface area (Å²) in [7, 11) is 0. The summed E-state index contributed by atoms with van der Waals surface area (Å²) in [6.45, 7) is 2.79. The Kier molecular flexibility index (Phi) is 8.53. The van der Waals surface area contributed by atoms with E-state index in [1.807, 2.05) is 12.1 Å². The lowest BCUT2D eigenvalue weighted by molar-refractivity contribution is 0.303. The summed E-state index contributed by atoms with van der Waals surface area (Å²) in [6.07, 6.45) is 1.95. The van der Waals surface area contributed by atoms with Gasteiger partial charge in [0.15, 0.2) is 0 Å². The molecule has 2 N–H and O–H groups in total. The second kappa shape index (κ2) is 8.74. The summed E-state index contributed by atoms with van der Waals surface area (Å²) >= 11 is 4.13. The summed E-state index contributed by atoms with van der Waals surface area (Å²) < 4.78 is 5.58. The maximum absolute atomic E-state index is 5.74. The topological polar surface area (TPSA) is 35.2 Å². The van der Waals surface area contributed by atoms with Crippen molar-refractivity contribution < 1.29 is 4.74 Å². The molecule has 0 radical (unpaired) electrons. The summed E-state index contributed by atoms with van der Waals surface area (Å²) in [6, 6.07) is 8.28. The van der Waals surface area contributed by atoms with Gasteiger partial charge in [-0.1, -0.05) is 17.7 Å². The third-order valence-electron chi connectivity index (χ3n) is 2.24. The number of nitrogens with two attached hydrogens (primary N) is 1. The van der Waals surface area contributed by atoms with Crippen LogP contribution in [-0.2, 0) is 0 Å². The van der Waals surface area contributed by atoms with Crippen molar-refractivity contribution in [2.24, 2.45) is 5.73 Å². The first-order valence-corrected chi connectivity index (χ1v) is 5.91. The zero-order valence-corrected chi connectivity index (χ0v) is 11.3. The second-order valence-corrected chi connectivity index (χ2v) is 4.11. The van der Waals surface area contributed by atoms with E-state index >= 15 is 0 Å². The lowest BCUT2D eigenvalue weighted by Gasteiger charge is -2.09. The van der Waals surface area contributed by atoms with Crippen molar-refractivity contribution in [3.8, 4) is 5.75 Å². The molecule has 0 aliphatic heterocycles. The molecule has 0 bridgehead atoms. The van der Waals surface area contributed by atoms with Gasteiger partial charge in [0, 0.05) is 11.8 Å². The van der Waals surface area contributed by atoms with Crippen LogP contribution < -0.4 is 10.5 Å². The van der Waals surface area contributed by atoms with Crippen molar-refractivity contribution >= 4 is 25.0 Å². The number of thiol groups is 1. The van der Waals surface area contributed by atoms with Gasteiger partial charge in [-0.15, -0.1) is 12.4 Å². The Balaban J connectivity index is 0.00000225. The Hall–Kier alpha value is -0.380. The highest BCUT2D eigenvalue weighted by Gasteiger charge is 1.99. The highest BCUT2D eigenvalue weighted by Crippen LogP contribution is 2.11. The number of ether oxygens (including phenoxy) is 1. The quantitative estimate of drug-likeness (QED) is 0.610. The van der Waals surface area contributed by atoms with E-state index in [-0.39, 0.29) is 18.4 Å². The molecule has 16 heavy (non-hydrogen) atoms. The lowest BCUT2D eigenvalue weighted by atomic mass is 10.2. The molecule has 1 aromatic carbocycles. The minimum Gasteiger partial charge on any atom is -0.494 e. The standard InChI is InChI=1S/C12H19NOS.ClH/c1-10-4-6-12(7-5-10)14-8-2-3-11(13)9-15;/h4-7,11,15H,2-3,8-9,13H2,1H3;1H/t11-;/m0./s1.